The van der Waals surface area contributed by atoms with Gasteiger partial charge in [-0.05, 0) is 43.1 Å². The van der Waals surface area contributed by atoms with E-state index in [0.29, 0.717) is 18.9 Å². The number of nitrogens with one attached hydrogen (secondary N) is 2. The van der Waals surface area contributed by atoms with Gasteiger partial charge < -0.3 is 10.6 Å². The Balaban J connectivity index is 1.64. The molecule has 1 fully saturated rings. The molecule has 0 radical (unpaired) electrons. The van der Waals surface area contributed by atoms with E-state index in [-0.39, 0.29) is 11.7 Å². The van der Waals surface area contributed by atoms with Crippen molar-refractivity contribution < 1.29 is 9.18 Å². The zero-order valence-corrected chi connectivity index (χ0v) is 9.71. The van der Waals surface area contributed by atoms with Crippen molar-refractivity contribution in [3.05, 3.63) is 35.6 Å². The lowest BCUT2D eigenvalue weighted by molar-refractivity contribution is -0.122. The molecule has 4 heteroatoms. The van der Waals surface area contributed by atoms with E-state index >= 15 is 0 Å². The van der Waals surface area contributed by atoms with Crippen LogP contribution in [0.15, 0.2) is 24.3 Å². The Morgan fingerprint density at radius 1 is 1.35 bits per heavy atom. The molecule has 3 nitrogen and oxygen atoms in total. The summed E-state index contributed by atoms with van der Waals surface area (Å²) >= 11 is 0. The first kappa shape index (κ1) is 12.0. The maximum atomic E-state index is 12.7. The molecule has 0 aliphatic carbocycles. The first-order chi connectivity index (χ1) is 8.24. The van der Waals surface area contributed by atoms with E-state index < -0.39 is 0 Å². The number of halogens is 1. The average molecular weight is 236 g/mol. The van der Waals surface area contributed by atoms with Crippen LogP contribution in [-0.2, 0) is 11.2 Å². The molecule has 1 saturated heterocycles. The number of rotatable bonds is 5. The summed E-state index contributed by atoms with van der Waals surface area (Å²) in [6.45, 7) is 2.52. The molecule has 1 aromatic rings. The third-order valence-corrected chi connectivity index (χ3v) is 2.99. The molecule has 2 rings (SSSR count). The van der Waals surface area contributed by atoms with E-state index in [0.717, 1.165) is 25.1 Å². The maximum Gasteiger partial charge on any atom is 0.220 e. The third-order valence-electron chi connectivity index (χ3n) is 2.99. The standard InChI is InChI=1S/C13H17FN2O/c14-12-3-1-10(2-4-12)5-6-16-13(17)7-11-8-15-9-11/h1-4,11,15H,5-9H2,(H,16,17). The lowest BCUT2D eigenvalue weighted by Gasteiger charge is -2.26. The molecular formula is C13H17FN2O. The van der Waals surface area contributed by atoms with Gasteiger partial charge in [0.2, 0.25) is 5.91 Å². The van der Waals surface area contributed by atoms with Crippen molar-refractivity contribution in [3.63, 3.8) is 0 Å². The zero-order chi connectivity index (χ0) is 12.1. The second-order valence-electron chi connectivity index (χ2n) is 4.45. The molecule has 0 aromatic heterocycles. The van der Waals surface area contributed by atoms with Crippen LogP contribution < -0.4 is 10.6 Å². The summed E-state index contributed by atoms with van der Waals surface area (Å²) in [6.07, 6.45) is 1.35. The Morgan fingerprint density at radius 3 is 2.65 bits per heavy atom. The Labute approximate surface area is 100 Å². The fourth-order valence-electron chi connectivity index (χ4n) is 1.82. The van der Waals surface area contributed by atoms with Crippen LogP contribution in [-0.4, -0.2) is 25.5 Å². The second kappa shape index (κ2) is 5.77. The van der Waals surface area contributed by atoms with Gasteiger partial charge in [0.25, 0.3) is 0 Å². The normalized spacial score (nSPS) is 15.4. The van der Waals surface area contributed by atoms with Gasteiger partial charge in [-0.3, -0.25) is 4.79 Å². The molecular weight excluding hydrogens is 219 g/mol. The molecule has 17 heavy (non-hydrogen) atoms. The number of carbonyl (C=O) groups is 1. The molecule has 2 N–H and O–H groups in total. The first-order valence-electron chi connectivity index (χ1n) is 5.96. The lowest BCUT2D eigenvalue weighted by atomic mass is 9.99. The van der Waals surface area contributed by atoms with Gasteiger partial charge in [0.05, 0.1) is 0 Å². The SMILES string of the molecule is O=C(CC1CNC1)NCCc1ccc(F)cc1. The minimum atomic E-state index is -0.227. The number of hydrogen-bond acceptors (Lipinski definition) is 2. The van der Waals surface area contributed by atoms with Crippen LogP contribution in [0.3, 0.4) is 0 Å². The van der Waals surface area contributed by atoms with Gasteiger partial charge in [-0.15, -0.1) is 0 Å². The van der Waals surface area contributed by atoms with Crippen LogP contribution in [0.2, 0.25) is 0 Å². The van der Waals surface area contributed by atoms with Crippen molar-refractivity contribution >= 4 is 5.91 Å². The van der Waals surface area contributed by atoms with Gasteiger partial charge in [-0.25, -0.2) is 4.39 Å². The highest BCUT2D eigenvalue weighted by atomic mass is 19.1. The Morgan fingerprint density at radius 2 is 2.06 bits per heavy atom. The maximum absolute atomic E-state index is 12.7. The van der Waals surface area contributed by atoms with Crippen molar-refractivity contribution in [1.29, 1.82) is 0 Å². The predicted molar refractivity (Wildman–Crippen MR) is 64.1 cm³/mol. The zero-order valence-electron chi connectivity index (χ0n) is 9.71. The van der Waals surface area contributed by atoms with Gasteiger partial charge in [-0.1, -0.05) is 12.1 Å². The fraction of sp³-hybridized carbons (Fsp3) is 0.462. The third kappa shape index (κ3) is 3.82. The predicted octanol–water partition coefficient (Wildman–Crippen LogP) is 1.09. The lowest BCUT2D eigenvalue weighted by Crippen LogP contribution is -2.44. The molecule has 0 spiro atoms. The van der Waals surface area contributed by atoms with Crippen molar-refractivity contribution in [3.8, 4) is 0 Å². The van der Waals surface area contributed by atoms with E-state index in [1.807, 2.05) is 0 Å². The summed E-state index contributed by atoms with van der Waals surface area (Å²) in [5, 5.41) is 6.02. The van der Waals surface area contributed by atoms with Crippen LogP contribution in [0.4, 0.5) is 4.39 Å². The Bertz CT molecular complexity index is 374. The van der Waals surface area contributed by atoms with Gasteiger partial charge in [0, 0.05) is 13.0 Å². The molecule has 1 aliphatic heterocycles. The molecule has 1 heterocycles. The highest BCUT2D eigenvalue weighted by molar-refractivity contribution is 5.76. The van der Waals surface area contributed by atoms with Gasteiger partial charge in [0.15, 0.2) is 0 Å². The average Bonchev–Trinajstić information content (AvgIpc) is 2.26. The number of hydrogen-bond donors (Lipinski definition) is 2. The number of carbonyl (C=O) groups excluding carboxylic acids is 1. The highest BCUT2D eigenvalue weighted by Crippen LogP contribution is 2.07. The molecule has 0 unspecified atom stereocenters. The Kier molecular flexibility index (Phi) is 4.09. The molecule has 92 valence electrons. The molecule has 0 saturated carbocycles. The van der Waals surface area contributed by atoms with Crippen LogP contribution >= 0.6 is 0 Å². The topological polar surface area (TPSA) is 41.1 Å². The van der Waals surface area contributed by atoms with Crippen molar-refractivity contribution in [2.45, 2.75) is 12.8 Å². The molecule has 1 aromatic carbocycles. The van der Waals surface area contributed by atoms with E-state index in [9.17, 15) is 9.18 Å². The molecule has 1 amide bonds. The highest BCUT2D eigenvalue weighted by Gasteiger charge is 2.19. The van der Waals surface area contributed by atoms with E-state index in [4.69, 9.17) is 0 Å². The van der Waals surface area contributed by atoms with Gasteiger partial charge in [0.1, 0.15) is 5.82 Å². The summed E-state index contributed by atoms with van der Waals surface area (Å²) in [6, 6.07) is 6.38. The smallest absolute Gasteiger partial charge is 0.220 e. The first-order valence-corrected chi connectivity index (χ1v) is 5.96. The van der Waals surface area contributed by atoms with Gasteiger partial charge >= 0.3 is 0 Å². The van der Waals surface area contributed by atoms with E-state index in [1.165, 1.54) is 12.1 Å². The van der Waals surface area contributed by atoms with Crippen LogP contribution in [0, 0.1) is 11.7 Å². The quantitative estimate of drug-likeness (QED) is 0.803. The summed E-state index contributed by atoms with van der Waals surface area (Å²) in [4.78, 5) is 11.5. The van der Waals surface area contributed by atoms with Crippen molar-refractivity contribution in [2.75, 3.05) is 19.6 Å². The minimum absolute atomic E-state index is 0.110. The van der Waals surface area contributed by atoms with Crippen LogP contribution in [0.1, 0.15) is 12.0 Å². The number of amides is 1. The summed E-state index contributed by atoms with van der Waals surface area (Å²) in [7, 11) is 0. The molecule has 0 atom stereocenters. The summed E-state index contributed by atoms with van der Waals surface area (Å²) in [5.41, 5.74) is 1.04. The van der Waals surface area contributed by atoms with E-state index in [2.05, 4.69) is 10.6 Å². The Hall–Kier alpha value is -1.42. The van der Waals surface area contributed by atoms with Crippen molar-refractivity contribution in [2.24, 2.45) is 5.92 Å². The second-order valence-corrected chi connectivity index (χ2v) is 4.45. The molecule has 0 bridgehead atoms. The minimum Gasteiger partial charge on any atom is -0.356 e. The van der Waals surface area contributed by atoms with Crippen LogP contribution in [0.25, 0.3) is 0 Å². The summed E-state index contributed by atoms with van der Waals surface area (Å²) < 4.78 is 12.7. The molecule has 1 aliphatic rings. The number of benzene rings is 1. The fourth-order valence-corrected chi connectivity index (χ4v) is 1.82. The van der Waals surface area contributed by atoms with Gasteiger partial charge in [-0.2, -0.15) is 0 Å². The monoisotopic (exact) mass is 236 g/mol. The van der Waals surface area contributed by atoms with Crippen molar-refractivity contribution in [1.82, 2.24) is 10.6 Å². The van der Waals surface area contributed by atoms with Crippen LogP contribution in [0.5, 0.6) is 0 Å². The largest absolute Gasteiger partial charge is 0.356 e. The summed E-state index contributed by atoms with van der Waals surface area (Å²) in [5.74, 6) is 0.384. The van der Waals surface area contributed by atoms with E-state index in [1.54, 1.807) is 12.1 Å².